The fourth-order valence-electron chi connectivity index (χ4n) is 3.48. The van der Waals surface area contributed by atoms with Crippen LogP contribution in [0.1, 0.15) is 27.3 Å². The van der Waals surface area contributed by atoms with E-state index >= 15 is 0 Å². The van der Waals surface area contributed by atoms with E-state index in [1.807, 2.05) is 62.4 Å². The number of ketones is 1. The molecule has 0 saturated heterocycles. The Morgan fingerprint density at radius 3 is 2.37 bits per heavy atom. The van der Waals surface area contributed by atoms with Crippen LogP contribution in [-0.2, 0) is 11.3 Å². The van der Waals surface area contributed by atoms with Crippen molar-refractivity contribution >= 4 is 33.3 Å². The van der Waals surface area contributed by atoms with Crippen LogP contribution in [0.5, 0.6) is 0 Å². The van der Waals surface area contributed by atoms with E-state index in [0.717, 1.165) is 22.4 Å². The number of benzene rings is 2. The van der Waals surface area contributed by atoms with Crippen molar-refractivity contribution in [1.29, 1.82) is 0 Å². The van der Waals surface area contributed by atoms with Crippen molar-refractivity contribution in [3.63, 3.8) is 0 Å². The number of nitrogens with zero attached hydrogens (tertiary/aromatic N) is 2. The highest BCUT2D eigenvalue weighted by molar-refractivity contribution is 9.10. The van der Waals surface area contributed by atoms with Gasteiger partial charge in [0.2, 0.25) is 5.91 Å². The van der Waals surface area contributed by atoms with Crippen molar-refractivity contribution in [2.24, 2.45) is 0 Å². The largest absolute Gasteiger partial charge is 0.344 e. The van der Waals surface area contributed by atoms with E-state index in [0.29, 0.717) is 11.3 Å². The van der Waals surface area contributed by atoms with Gasteiger partial charge in [-0.05, 0) is 60.6 Å². The van der Waals surface area contributed by atoms with Crippen LogP contribution in [0.2, 0.25) is 0 Å². The van der Waals surface area contributed by atoms with Crippen LogP contribution in [0, 0.1) is 13.8 Å². The van der Waals surface area contributed by atoms with E-state index in [9.17, 15) is 9.59 Å². The first kappa shape index (κ1) is 22.0. The van der Waals surface area contributed by atoms with Gasteiger partial charge >= 0.3 is 0 Å². The van der Waals surface area contributed by atoms with Crippen LogP contribution in [0.25, 0.3) is 0 Å². The van der Waals surface area contributed by atoms with Crippen LogP contribution >= 0.6 is 15.9 Å². The standard InChI is InChI=1S/C24H26BrN3O2/c1-17-13-20(18(2)28(17)14-19-9-5-4-6-10-19)23(29)15-27(3)16-24(30)26-22-12-8-7-11-21(22)25/h4-13H,14-16H2,1-3H3,(H,26,30). The number of amides is 1. The van der Waals surface area contributed by atoms with Gasteiger partial charge < -0.3 is 9.88 Å². The first-order valence-corrected chi connectivity index (χ1v) is 10.6. The molecule has 156 valence electrons. The second-order valence-electron chi connectivity index (χ2n) is 7.48. The minimum Gasteiger partial charge on any atom is -0.344 e. The molecule has 0 saturated carbocycles. The molecular formula is C24H26BrN3O2. The van der Waals surface area contributed by atoms with Gasteiger partial charge in [-0.15, -0.1) is 0 Å². The minimum atomic E-state index is -0.160. The minimum absolute atomic E-state index is 0.0126. The van der Waals surface area contributed by atoms with Gasteiger partial charge in [0, 0.05) is 28.0 Å². The van der Waals surface area contributed by atoms with Crippen molar-refractivity contribution in [2.75, 3.05) is 25.5 Å². The normalized spacial score (nSPS) is 11.0. The zero-order valence-corrected chi connectivity index (χ0v) is 19.1. The molecule has 0 bridgehead atoms. The number of aryl methyl sites for hydroxylation is 1. The predicted octanol–water partition coefficient (Wildman–Crippen LogP) is 4.67. The first-order valence-electron chi connectivity index (χ1n) is 9.82. The van der Waals surface area contributed by atoms with E-state index in [2.05, 4.69) is 37.9 Å². The summed E-state index contributed by atoms with van der Waals surface area (Å²) in [5.74, 6) is -0.148. The van der Waals surface area contributed by atoms with Gasteiger partial charge in [0.1, 0.15) is 0 Å². The Labute approximate surface area is 185 Å². The molecule has 2 aromatic carbocycles. The van der Waals surface area contributed by atoms with Crippen LogP contribution in [0.4, 0.5) is 5.69 Å². The Morgan fingerprint density at radius 1 is 1.00 bits per heavy atom. The third kappa shape index (κ3) is 5.46. The van der Waals surface area contributed by atoms with E-state index < -0.39 is 0 Å². The van der Waals surface area contributed by atoms with Gasteiger partial charge in [0.15, 0.2) is 5.78 Å². The molecule has 1 aromatic heterocycles. The Kier molecular flexibility index (Phi) is 7.24. The SMILES string of the molecule is Cc1cc(C(=O)CN(C)CC(=O)Nc2ccccc2Br)c(C)n1Cc1ccccc1. The zero-order chi connectivity index (χ0) is 21.7. The van der Waals surface area contributed by atoms with Crippen LogP contribution < -0.4 is 5.32 Å². The van der Waals surface area contributed by atoms with Crippen LogP contribution in [-0.4, -0.2) is 41.3 Å². The van der Waals surface area contributed by atoms with Crippen molar-refractivity contribution < 1.29 is 9.59 Å². The number of aromatic nitrogens is 1. The molecule has 0 unspecified atom stereocenters. The summed E-state index contributed by atoms with van der Waals surface area (Å²) >= 11 is 3.42. The number of likely N-dealkylation sites (N-methyl/N-ethyl adjacent to an activating group) is 1. The highest BCUT2D eigenvalue weighted by Crippen LogP contribution is 2.21. The second kappa shape index (κ2) is 9.87. The van der Waals surface area contributed by atoms with Crippen molar-refractivity contribution in [3.8, 4) is 0 Å². The summed E-state index contributed by atoms with van der Waals surface area (Å²) in [6, 6.07) is 19.6. The molecule has 0 spiro atoms. The van der Waals surface area contributed by atoms with Gasteiger partial charge in [-0.3, -0.25) is 14.5 Å². The Bertz CT molecular complexity index is 1040. The lowest BCUT2D eigenvalue weighted by molar-refractivity contribution is -0.116. The number of para-hydroxylation sites is 1. The molecule has 5 nitrogen and oxygen atoms in total. The van der Waals surface area contributed by atoms with Crippen molar-refractivity contribution in [1.82, 2.24) is 9.47 Å². The highest BCUT2D eigenvalue weighted by atomic mass is 79.9. The quantitative estimate of drug-likeness (QED) is 0.489. The molecule has 1 heterocycles. The molecule has 0 aliphatic heterocycles. The lowest BCUT2D eigenvalue weighted by atomic mass is 10.1. The van der Waals surface area contributed by atoms with Crippen LogP contribution in [0.15, 0.2) is 65.1 Å². The monoisotopic (exact) mass is 467 g/mol. The van der Waals surface area contributed by atoms with Gasteiger partial charge in [-0.2, -0.15) is 0 Å². The van der Waals surface area contributed by atoms with Crippen LogP contribution in [0.3, 0.4) is 0 Å². The lowest BCUT2D eigenvalue weighted by Gasteiger charge is -2.16. The number of carbonyl (C=O) groups is 2. The summed E-state index contributed by atoms with van der Waals surface area (Å²) in [7, 11) is 1.78. The Hall–Kier alpha value is -2.70. The molecule has 0 fully saturated rings. The molecule has 6 heteroatoms. The molecule has 3 rings (SSSR count). The maximum atomic E-state index is 12.9. The van der Waals surface area contributed by atoms with Gasteiger partial charge in [-0.1, -0.05) is 42.5 Å². The molecule has 1 amide bonds. The molecule has 0 aliphatic rings. The van der Waals surface area contributed by atoms with Gasteiger partial charge in [0.25, 0.3) is 0 Å². The summed E-state index contributed by atoms with van der Waals surface area (Å²) in [6.45, 7) is 5.04. The number of rotatable bonds is 8. The maximum absolute atomic E-state index is 12.9. The number of carbonyl (C=O) groups excluding carboxylic acids is 2. The fraction of sp³-hybridized carbons (Fsp3) is 0.250. The fourth-order valence-corrected chi connectivity index (χ4v) is 3.86. The molecule has 0 radical (unpaired) electrons. The Morgan fingerprint density at radius 2 is 1.67 bits per heavy atom. The van der Waals surface area contributed by atoms with Gasteiger partial charge in [0.05, 0.1) is 18.8 Å². The first-order chi connectivity index (χ1) is 14.3. The third-order valence-corrected chi connectivity index (χ3v) is 5.72. The number of halogens is 1. The lowest BCUT2D eigenvalue weighted by Crippen LogP contribution is -2.34. The number of nitrogens with one attached hydrogen (secondary N) is 1. The van der Waals surface area contributed by atoms with E-state index in [4.69, 9.17) is 0 Å². The number of Topliss-reactive ketones (excluding diaryl/α,β-unsaturated/α-hetero) is 1. The number of hydrogen-bond donors (Lipinski definition) is 1. The molecule has 1 N–H and O–H groups in total. The van der Waals surface area contributed by atoms with E-state index in [1.165, 1.54) is 5.56 Å². The number of anilines is 1. The average molecular weight is 468 g/mol. The summed E-state index contributed by atoms with van der Waals surface area (Å²) in [5.41, 5.74) is 4.62. The second-order valence-corrected chi connectivity index (χ2v) is 8.33. The van der Waals surface area contributed by atoms with Crippen molar-refractivity contribution in [2.45, 2.75) is 20.4 Å². The maximum Gasteiger partial charge on any atom is 0.238 e. The predicted molar refractivity (Wildman–Crippen MR) is 124 cm³/mol. The zero-order valence-electron chi connectivity index (χ0n) is 17.5. The van der Waals surface area contributed by atoms with Gasteiger partial charge in [-0.25, -0.2) is 0 Å². The van der Waals surface area contributed by atoms with Crippen molar-refractivity contribution in [3.05, 3.63) is 87.7 Å². The highest BCUT2D eigenvalue weighted by Gasteiger charge is 2.18. The molecule has 30 heavy (non-hydrogen) atoms. The molecule has 3 aromatic rings. The van der Waals surface area contributed by atoms with E-state index in [1.54, 1.807) is 11.9 Å². The average Bonchev–Trinajstić information content (AvgIpc) is 2.99. The third-order valence-electron chi connectivity index (χ3n) is 5.03. The smallest absolute Gasteiger partial charge is 0.238 e. The summed E-state index contributed by atoms with van der Waals surface area (Å²) in [4.78, 5) is 27.0. The van der Waals surface area contributed by atoms with E-state index in [-0.39, 0.29) is 24.8 Å². The topological polar surface area (TPSA) is 54.3 Å². The number of hydrogen-bond acceptors (Lipinski definition) is 3. The summed E-state index contributed by atoms with van der Waals surface area (Å²) < 4.78 is 2.98. The molecular weight excluding hydrogens is 442 g/mol. The molecule has 0 atom stereocenters. The summed E-state index contributed by atoms with van der Waals surface area (Å²) in [6.07, 6.45) is 0. The molecule has 0 aliphatic carbocycles. The Balaban J connectivity index is 1.62. The summed E-state index contributed by atoms with van der Waals surface area (Å²) in [5, 5.41) is 2.86.